The van der Waals surface area contributed by atoms with Crippen LogP contribution in [0.25, 0.3) is 0 Å². The van der Waals surface area contributed by atoms with Gasteiger partial charge in [0.05, 0.1) is 14.2 Å². The minimum absolute atomic E-state index is 0. The molecule has 0 aromatic heterocycles. The van der Waals surface area contributed by atoms with Crippen LogP contribution in [0.15, 0.2) is 18.2 Å². The molecule has 1 atom stereocenters. The number of methoxy groups -OCH3 is 2. The van der Waals surface area contributed by atoms with Gasteiger partial charge >= 0.3 is 0 Å². The SMILES string of the molecule is COc1ccc(C(=O)N2CCNC[C@H]2C)cc1OC.Cl. The van der Waals surface area contributed by atoms with Crippen LogP contribution in [0.1, 0.15) is 17.3 Å². The Morgan fingerprint density at radius 1 is 1.30 bits per heavy atom. The first-order chi connectivity index (χ1) is 9.17. The van der Waals surface area contributed by atoms with E-state index >= 15 is 0 Å². The molecule has 1 aliphatic heterocycles. The summed E-state index contributed by atoms with van der Waals surface area (Å²) in [4.78, 5) is 14.4. The summed E-state index contributed by atoms with van der Waals surface area (Å²) in [5.74, 6) is 1.25. The normalized spacial score (nSPS) is 18.1. The molecule has 1 aromatic rings. The van der Waals surface area contributed by atoms with Crippen molar-refractivity contribution in [2.45, 2.75) is 13.0 Å². The summed E-state index contributed by atoms with van der Waals surface area (Å²) in [6.45, 7) is 4.45. The molecule has 0 spiro atoms. The Bertz CT molecular complexity index is 468. The van der Waals surface area contributed by atoms with Crippen molar-refractivity contribution in [3.63, 3.8) is 0 Å². The number of carbonyl (C=O) groups excluding carboxylic acids is 1. The monoisotopic (exact) mass is 300 g/mol. The maximum atomic E-state index is 12.5. The summed E-state index contributed by atoms with van der Waals surface area (Å²) < 4.78 is 10.4. The molecule has 112 valence electrons. The number of hydrogen-bond donors (Lipinski definition) is 1. The average Bonchev–Trinajstić information content (AvgIpc) is 2.46. The molecule has 1 saturated heterocycles. The Kier molecular flexibility index (Phi) is 6.10. The highest BCUT2D eigenvalue weighted by Gasteiger charge is 2.24. The molecule has 0 radical (unpaired) electrons. The summed E-state index contributed by atoms with van der Waals surface area (Å²) >= 11 is 0. The number of nitrogens with one attached hydrogen (secondary N) is 1. The van der Waals surface area contributed by atoms with Crippen molar-refractivity contribution in [3.05, 3.63) is 23.8 Å². The molecule has 2 rings (SSSR count). The van der Waals surface area contributed by atoms with Crippen molar-refractivity contribution in [2.75, 3.05) is 33.9 Å². The predicted molar refractivity (Wildman–Crippen MR) is 80.2 cm³/mol. The van der Waals surface area contributed by atoms with Gasteiger partial charge in [-0.1, -0.05) is 0 Å². The lowest BCUT2D eigenvalue weighted by Gasteiger charge is -2.34. The van der Waals surface area contributed by atoms with E-state index in [1.165, 1.54) is 0 Å². The number of hydrogen-bond acceptors (Lipinski definition) is 4. The zero-order chi connectivity index (χ0) is 13.8. The van der Waals surface area contributed by atoms with Gasteiger partial charge in [0.2, 0.25) is 0 Å². The Labute approximate surface area is 125 Å². The number of nitrogens with zero attached hydrogens (tertiary/aromatic N) is 1. The Morgan fingerprint density at radius 3 is 2.60 bits per heavy atom. The number of piperazine rings is 1. The molecular formula is C14H21ClN2O3. The van der Waals surface area contributed by atoms with Crippen LogP contribution in [-0.4, -0.2) is 50.7 Å². The molecule has 0 unspecified atom stereocenters. The average molecular weight is 301 g/mol. The van der Waals surface area contributed by atoms with E-state index < -0.39 is 0 Å². The number of rotatable bonds is 3. The van der Waals surface area contributed by atoms with Crippen molar-refractivity contribution >= 4 is 18.3 Å². The highest BCUT2D eigenvalue weighted by Crippen LogP contribution is 2.28. The summed E-state index contributed by atoms with van der Waals surface area (Å²) in [5, 5.41) is 3.27. The first-order valence-electron chi connectivity index (χ1n) is 6.41. The predicted octanol–water partition coefficient (Wildman–Crippen LogP) is 1.56. The number of amides is 1. The van der Waals surface area contributed by atoms with E-state index in [0.29, 0.717) is 17.1 Å². The van der Waals surface area contributed by atoms with Gasteiger partial charge in [-0.3, -0.25) is 4.79 Å². The third kappa shape index (κ3) is 3.35. The minimum atomic E-state index is 0. The van der Waals surface area contributed by atoms with E-state index in [1.807, 2.05) is 11.8 Å². The lowest BCUT2D eigenvalue weighted by Crippen LogP contribution is -2.52. The molecule has 1 N–H and O–H groups in total. The third-order valence-corrected chi connectivity index (χ3v) is 3.39. The fraction of sp³-hybridized carbons (Fsp3) is 0.500. The van der Waals surface area contributed by atoms with Crippen LogP contribution in [0, 0.1) is 0 Å². The standard InChI is InChI=1S/C14H20N2O3.ClH/c1-10-9-15-6-7-16(10)14(17)11-4-5-12(18-2)13(8-11)19-3;/h4-5,8,10,15H,6-7,9H2,1-3H3;1H/t10-;/m1./s1. The number of carbonyl (C=O) groups is 1. The van der Waals surface area contributed by atoms with Crippen molar-refractivity contribution < 1.29 is 14.3 Å². The molecule has 1 heterocycles. The highest BCUT2D eigenvalue weighted by molar-refractivity contribution is 5.95. The molecule has 0 aliphatic carbocycles. The van der Waals surface area contributed by atoms with Crippen molar-refractivity contribution in [2.24, 2.45) is 0 Å². The van der Waals surface area contributed by atoms with Gasteiger partial charge in [0.1, 0.15) is 0 Å². The molecule has 0 bridgehead atoms. The molecule has 20 heavy (non-hydrogen) atoms. The molecular weight excluding hydrogens is 280 g/mol. The van der Waals surface area contributed by atoms with Crippen LogP contribution in [0.4, 0.5) is 0 Å². The Morgan fingerprint density at radius 2 is 2.00 bits per heavy atom. The van der Waals surface area contributed by atoms with E-state index in [2.05, 4.69) is 5.32 Å². The van der Waals surface area contributed by atoms with Gasteiger partial charge in [0.15, 0.2) is 11.5 Å². The van der Waals surface area contributed by atoms with Crippen LogP contribution in [0.3, 0.4) is 0 Å². The zero-order valence-corrected chi connectivity index (χ0v) is 12.8. The van der Waals surface area contributed by atoms with Gasteiger partial charge in [-0.15, -0.1) is 12.4 Å². The van der Waals surface area contributed by atoms with E-state index in [-0.39, 0.29) is 24.4 Å². The molecule has 1 amide bonds. The van der Waals surface area contributed by atoms with Gasteiger partial charge < -0.3 is 19.7 Å². The molecule has 0 saturated carbocycles. The fourth-order valence-corrected chi connectivity index (χ4v) is 2.28. The lowest BCUT2D eigenvalue weighted by molar-refractivity contribution is 0.0655. The van der Waals surface area contributed by atoms with Crippen LogP contribution in [0.2, 0.25) is 0 Å². The summed E-state index contributed by atoms with van der Waals surface area (Å²) in [6, 6.07) is 5.47. The molecule has 1 aliphatic rings. The van der Waals surface area contributed by atoms with Gasteiger partial charge in [-0.05, 0) is 25.1 Å². The van der Waals surface area contributed by atoms with Gasteiger partial charge in [0, 0.05) is 31.2 Å². The first kappa shape index (κ1) is 16.6. The molecule has 1 fully saturated rings. The smallest absolute Gasteiger partial charge is 0.254 e. The molecule has 5 nitrogen and oxygen atoms in total. The number of benzene rings is 1. The van der Waals surface area contributed by atoms with E-state index in [1.54, 1.807) is 32.4 Å². The number of ether oxygens (including phenoxy) is 2. The number of halogens is 1. The van der Waals surface area contributed by atoms with E-state index in [4.69, 9.17) is 9.47 Å². The van der Waals surface area contributed by atoms with Crippen molar-refractivity contribution in [1.82, 2.24) is 10.2 Å². The summed E-state index contributed by atoms with van der Waals surface area (Å²) in [7, 11) is 3.15. The van der Waals surface area contributed by atoms with Crippen LogP contribution in [-0.2, 0) is 0 Å². The van der Waals surface area contributed by atoms with Gasteiger partial charge in [-0.25, -0.2) is 0 Å². The third-order valence-electron chi connectivity index (χ3n) is 3.39. The second kappa shape index (κ2) is 7.36. The second-order valence-corrected chi connectivity index (χ2v) is 4.62. The maximum Gasteiger partial charge on any atom is 0.254 e. The van der Waals surface area contributed by atoms with Crippen molar-refractivity contribution in [3.8, 4) is 11.5 Å². The van der Waals surface area contributed by atoms with E-state index in [9.17, 15) is 4.79 Å². The van der Waals surface area contributed by atoms with Crippen LogP contribution in [0.5, 0.6) is 11.5 Å². The maximum absolute atomic E-state index is 12.5. The van der Waals surface area contributed by atoms with Crippen molar-refractivity contribution in [1.29, 1.82) is 0 Å². The largest absolute Gasteiger partial charge is 0.493 e. The fourth-order valence-electron chi connectivity index (χ4n) is 2.28. The summed E-state index contributed by atoms with van der Waals surface area (Å²) in [5.41, 5.74) is 0.631. The van der Waals surface area contributed by atoms with Gasteiger partial charge in [0.25, 0.3) is 5.91 Å². The molecule has 6 heteroatoms. The Hall–Kier alpha value is -1.46. The first-order valence-corrected chi connectivity index (χ1v) is 6.41. The van der Waals surface area contributed by atoms with E-state index in [0.717, 1.165) is 19.6 Å². The zero-order valence-electron chi connectivity index (χ0n) is 12.0. The Balaban J connectivity index is 0.00000200. The summed E-state index contributed by atoms with van der Waals surface area (Å²) in [6.07, 6.45) is 0. The van der Waals surface area contributed by atoms with Gasteiger partial charge in [-0.2, -0.15) is 0 Å². The van der Waals surface area contributed by atoms with Crippen LogP contribution < -0.4 is 14.8 Å². The second-order valence-electron chi connectivity index (χ2n) is 4.62. The topological polar surface area (TPSA) is 50.8 Å². The lowest BCUT2D eigenvalue weighted by atomic mass is 10.1. The highest BCUT2D eigenvalue weighted by atomic mass is 35.5. The van der Waals surface area contributed by atoms with Crippen LogP contribution >= 0.6 is 12.4 Å². The quantitative estimate of drug-likeness (QED) is 0.920. The molecule has 1 aromatic carbocycles. The minimum Gasteiger partial charge on any atom is -0.493 e.